The normalized spacial score (nSPS) is 27.3. The zero-order chi connectivity index (χ0) is 16.0. The van der Waals surface area contributed by atoms with Gasteiger partial charge in [0.1, 0.15) is 23.0 Å². The number of hydrogen-bond acceptors (Lipinski definition) is 5. The summed E-state index contributed by atoms with van der Waals surface area (Å²) in [6.07, 6.45) is 8.30. The minimum Gasteiger partial charge on any atom is -0.368 e. The van der Waals surface area contributed by atoms with E-state index in [1.807, 2.05) is 0 Å². The summed E-state index contributed by atoms with van der Waals surface area (Å²) in [6, 6.07) is 2.35. The van der Waals surface area contributed by atoms with Crippen molar-refractivity contribution in [3.63, 3.8) is 0 Å². The molecule has 0 radical (unpaired) electrons. The largest absolute Gasteiger partial charge is 0.368 e. The van der Waals surface area contributed by atoms with Crippen LogP contribution in [0, 0.1) is 5.92 Å². The quantitative estimate of drug-likeness (QED) is 0.939. The van der Waals surface area contributed by atoms with Crippen LogP contribution in [0.4, 0.5) is 5.82 Å². The van der Waals surface area contributed by atoms with Crippen molar-refractivity contribution in [2.75, 3.05) is 4.90 Å². The molecule has 122 valence electrons. The van der Waals surface area contributed by atoms with Gasteiger partial charge in [-0.05, 0) is 37.7 Å². The fourth-order valence-corrected chi connectivity index (χ4v) is 5.22. The summed E-state index contributed by atoms with van der Waals surface area (Å²) in [7, 11) is 0. The van der Waals surface area contributed by atoms with Gasteiger partial charge in [0, 0.05) is 10.9 Å². The Hall–Kier alpha value is -1.69. The van der Waals surface area contributed by atoms with Gasteiger partial charge in [-0.3, -0.25) is 4.79 Å². The lowest BCUT2D eigenvalue weighted by Crippen LogP contribution is -2.45. The number of aryl methyl sites for hydroxylation is 1. The molecule has 6 heteroatoms. The van der Waals surface area contributed by atoms with Crippen molar-refractivity contribution in [3.8, 4) is 0 Å². The summed E-state index contributed by atoms with van der Waals surface area (Å²) < 4.78 is 0. The maximum absolute atomic E-state index is 12.1. The molecular formula is C17H22N4OS. The standard InChI is InChI=1S/C17H22N4OS/c1-2-11-8-12-16(19-9-20-17(12)23-11)21-13-6-4-3-5-10(13)7-14(21)15(18)22/h8-10,13-14H,2-7H2,1H3,(H2,18,22)/t10-,13-,14-/m0/s1. The molecule has 2 N–H and O–H groups in total. The van der Waals surface area contributed by atoms with Gasteiger partial charge in [0.2, 0.25) is 5.91 Å². The van der Waals surface area contributed by atoms with E-state index in [0.29, 0.717) is 12.0 Å². The third-order valence-electron chi connectivity index (χ3n) is 5.37. The van der Waals surface area contributed by atoms with Crippen molar-refractivity contribution >= 4 is 33.3 Å². The van der Waals surface area contributed by atoms with Gasteiger partial charge in [-0.25, -0.2) is 9.97 Å². The number of carbonyl (C=O) groups is 1. The summed E-state index contributed by atoms with van der Waals surface area (Å²) in [5.74, 6) is 1.25. The molecule has 0 aromatic carbocycles. The van der Waals surface area contributed by atoms with Crippen LogP contribution in [0.2, 0.25) is 0 Å². The van der Waals surface area contributed by atoms with Crippen molar-refractivity contribution in [1.29, 1.82) is 0 Å². The highest BCUT2D eigenvalue weighted by Gasteiger charge is 2.45. The molecule has 3 atom stereocenters. The Morgan fingerprint density at radius 1 is 1.39 bits per heavy atom. The predicted molar refractivity (Wildman–Crippen MR) is 92.6 cm³/mol. The molecule has 1 aliphatic carbocycles. The van der Waals surface area contributed by atoms with E-state index in [1.54, 1.807) is 17.7 Å². The van der Waals surface area contributed by atoms with Gasteiger partial charge in [0.15, 0.2) is 0 Å². The number of anilines is 1. The summed E-state index contributed by atoms with van der Waals surface area (Å²) in [5, 5.41) is 1.08. The number of primary amides is 1. The van der Waals surface area contributed by atoms with E-state index in [2.05, 4.69) is 27.9 Å². The number of aromatic nitrogens is 2. The molecule has 2 aromatic heterocycles. The smallest absolute Gasteiger partial charge is 0.240 e. The monoisotopic (exact) mass is 330 g/mol. The van der Waals surface area contributed by atoms with Crippen LogP contribution in [0.1, 0.15) is 43.9 Å². The van der Waals surface area contributed by atoms with Crippen LogP contribution in [-0.4, -0.2) is 28.0 Å². The van der Waals surface area contributed by atoms with Crippen molar-refractivity contribution in [3.05, 3.63) is 17.3 Å². The number of nitrogens with two attached hydrogens (primary N) is 1. The van der Waals surface area contributed by atoms with Crippen LogP contribution in [0.3, 0.4) is 0 Å². The molecule has 1 amide bonds. The first-order valence-electron chi connectivity index (χ1n) is 8.50. The average molecular weight is 330 g/mol. The van der Waals surface area contributed by atoms with Gasteiger partial charge in [-0.2, -0.15) is 0 Å². The molecule has 0 bridgehead atoms. The van der Waals surface area contributed by atoms with E-state index in [0.717, 1.165) is 35.3 Å². The fraction of sp³-hybridized carbons (Fsp3) is 0.588. The molecule has 2 fully saturated rings. The first-order valence-corrected chi connectivity index (χ1v) is 9.31. The van der Waals surface area contributed by atoms with Crippen molar-refractivity contribution in [2.24, 2.45) is 11.7 Å². The Balaban J connectivity index is 1.83. The highest BCUT2D eigenvalue weighted by molar-refractivity contribution is 7.18. The Kier molecular flexibility index (Phi) is 3.71. The summed E-state index contributed by atoms with van der Waals surface area (Å²) in [5.41, 5.74) is 5.73. The maximum Gasteiger partial charge on any atom is 0.240 e. The van der Waals surface area contributed by atoms with Crippen LogP contribution in [0.15, 0.2) is 12.4 Å². The summed E-state index contributed by atoms with van der Waals surface area (Å²) in [6.45, 7) is 2.15. The Labute approximate surface area is 139 Å². The van der Waals surface area contributed by atoms with Gasteiger partial charge < -0.3 is 10.6 Å². The van der Waals surface area contributed by atoms with Gasteiger partial charge in [-0.15, -0.1) is 11.3 Å². The lowest BCUT2D eigenvalue weighted by atomic mass is 9.84. The van der Waals surface area contributed by atoms with Crippen molar-refractivity contribution in [2.45, 2.75) is 57.5 Å². The molecule has 23 heavy (non-hydrogen) atoms. The Morgan fingerprint density at radius 3 is 3.00 bits per heavy atom. The summed E-state index contributed by atoms with van der Waals surface area (Å²) in [4.78, 5) is 25.6. The van der Waals surface area contributed by atoms with E-state index in [1.165, 1.54) is 24.1 Å². The molecule has 1 saturated heterocycles. The molecule has 3 heterocycles. The zero-order valence-corrected chi connectivity index (χ0v) is 14.2. The number of hydrogen-bond donors (Lipinski definition) is 1. The van der Waals surface area contributed by atoms with E-state index in [9.17, 15) is 4.79 Å². The predicted octanol–water partition coefficient (Wildman–Crippen LogP) is 2.88. The molecule has 2 aromatic rings. The number of rotatable bonds is 3. The van der Waals surface area contributed by atoms with Crippen LogP contribution in [0.5, 0.6) is 0 Å². The molecule has 4 rings (SSSR count). The molecular weight excluding hydrogens is 308 g/mol. The van der Waals surface area contributed by atoms with Gasteiger partial charge in [-0.1, -0.05) is 19.8 Å². The maximum atomic E-state index is 12.1. The first kappa shape index (κ1) is 14.9. The third kappa shape index (κ3) is 2.40. The Morgan fingerprint density at radius 2 is 2.22 bits per heavy atom. The van der Waals surface area contributed by atoms with Crippen LogP contribution in [-0.2, 0) is 11.2 Å². The topological polar surface area (TPSA) is 72.1 Å². The number of carbonyl (C=O) groups excluding carboxylic acids is 1. The van der Waals surface area contributed by atoms with E-state index < -0.39 is 0 Å². The molecule has 5 nitrogen and oxygen atoms in total. The molecule has 0 unspecified atom stereocenters. The number of thiophene rings is 1. The number of amides is 1. The fourth-order valence-electron chi connectivity index (χ4n) is 4.29. The summed E-state index contributed by atoms with van der Waals surface area (Å²) >= 11 is 1.72. The second kappa shape index (κ2) is 5.74. The van der Waals surface area contributed by atoms with Gasteiger partial charge in [0.25, 0.3) is 0 Å². The van der Waals surface area contributed by atoms with E-state index >= 15 is 0 Å². The second-order valence-electron chi connectivity index (χ2n) is 6.66. The van der Waals surface area contributed by atoms with Crippen molar-refractivity contribution < 1.29 is 4.79 Å². The lowest BCUT2D eigenvalue weighted by molar-refractivity contribution is -0.119. The third-order valence-corrected chi connectivity index (χ3v) is 6.56. The SMILES string of the molecule is CCc1cc2c(N3[C@H](C(N)=O)C[C@@H]4CCCC[C@@H]43)ncnc2s1. The molecule has 1 aliphatic heterocycles. The second-order valence-corrected chi connectivity index (χ2v) is 7.77. The van der Waals surface area contributed by atoms with Crippen LogP contribution < -0.4 is 10.6 Å². The molecule has 0 spiro atoms. The highest BCUT2D eigenvalue weighted by Crippen LogP contribution is 2.44. The minimum atomic E-state index is -0.230. The zero-order valence-electron chi connectivity index (χ0n) is 13.4. The average Bonchev–Trinajstić information content (AvgIpc) is 3.15. The van der Waals surface area contributed by atoms with Crippen LogP contribution >= 0.6 is 11.3 Å². The van der Waals surface area contributed by atoms with Crippen molar-refractivity contribution in [1.82, 2.24) is 9.97 Å². The van der Waals surface area contributed by atoms with Gasteiger partial charge >= 0.3 is 0 Å². The molecule has 1 saturated carbocycles. The number of fused-ring (bicyclic) bond motifs is 2. The molecule has 2 aliphatic rings. The lowest BCUT2D eigenvalue weighted by Gasteiger charge is -2.34. The Bertz CT molecular complexity index is 743. The minimum absolute atomic E-state index is 0.225. The first-order chi connectivity index (χ1) is 11.2. The van der Waals surface area contributed by atoms with E-state index in [-0.39, 0.29) is 11.9 Å². The van der Waals surface area contributed by atoms with E-state index in [4.69, 9.17) is 5.73 Å². The number of nitrogens with zero attached hydrogens (tertiary/aromatic N) is 3. The van der Waals surface area contributed by atoms with Gasteiger partial charge in [0.05, 0.1) is 5.39 Å². The highest BCUT2D eigenvalue weighted by atomic mass is 32.1. The van der Waals surface area contributed by atoms with Crippen LogP contribution in [0.25, 0.3) is 10.2 Å².